The SMILES string of the molecule is Cc1c(C(=O)Nc2ccc(C(=N)N)cc2)c(NC(=O)CCCC(=O)O)c(-c2ccccc2)n1-c1ccccc1. The van der Waals surface area contributed by atoms with Gasteiger partial charge in [-0.05, 0) is 49.7 Å². The van der Waals surface area contributed by atoms with Crippen LogP contribution in [0.1, 0.15) is 40.9 Å². The van der Waals surface area contributed by atoms with Crippen molar-refractivity contribution in [2.75, 3.05) is 10.6 Å². The lowest BCUT2D eigenvalue weighted by molar-refractivity contribution is -0.137. The van der Waals surface area contributed by atoms with Gasteiger partial charge in [0.25, 0.3) is 5.91 Å². The number of carboxylic acids is 1. The van der Waals surface area contributed by atoms with Crippen LogP contribution < -0.4 is 16.4 Å². The predicted octanol–water partition coefficient (Wildman–Crippen LogP) is 5.18. The zero-order valence-corrected chi connectivity index (χ0v) is 21.4. The van der Waals surface area contributed by atoms with Gasteiger partial charge in [0.15, 0.2) is 0 Å². The highest BCUT2D eigenvalue weighted by Crippen LogP contribution is 2.39. The maximum Gasteiger partial charge on any atom is 0.303 e. The molecule has 0 aliphatic heterocycles. The first-order valence-corrected chi connectivity index (χ1v) is 12.4. The topological polar surface area (TPSA) is 150 Å². The van der Waals surface area contributed by atoms with Gasteiger partial charge in [0.05, 0.1) is 16.9 Å². The number of carbonyl (C=O) groups excluding carboxylic acids is 2. The van der Waals surface area contributed by atoms with Crippen LogP contribution in [0, 0.1) is 12.3 Å². The van der Waals surface area contributed by atoms with Crippen molar-refractivity contribution in [2.24, 2.45) is 5.73 Å². The summed E-state index contributed by atoms with van der Waals surface area (Å²) in [6, 6.07) is 25.5. The number of nitrogen functional groups attached to an aromatic ring is 1. The van der Waals surface area contributed by atoms with Crippen LogP contribution in [0.4, 0.5) is 11.4 Å². The second-order valence-corrected chi connectivity index (χ2v) is 8.96. The van der Waals surface area contributed by atoms with E-state index < -0.39 is 17.8 Å². The molecule has 3 aromatic carbocycles. The Bertz CT molecular complexity index is 1510. The average Bonchev–Trinajstić information content (AvgIpc) is 3.21. The Hall–Kier alpha value is -5.18. The minimum absolute atomic E-state index is 0.0103. The van der Waals surface area contributed by atoms with Crippen LogP contribution in [0.15, 0.2) is 84.9 Å². The molecular formula is C30H29N5O4. The molecule has 39 heavy (non-hydrogen) atoms. The molecule has 0 bridgehead atoms. The highest BCUT2D eigenvalue weighted by atomic mass is 16.4. The lowest BCUT2D eigenvalue weighted by atomic mass is 10.1. The summed E-state index contributed by atoms with van der Waals surface area (Å²) in [6.45, 7) is 1.81. The molecule has 4 rings (SSSR count). The molecule has 9 heteroatoms. The van der Waals surface area contributed by atoms with Gasteiger partial charge in [-0.1, -0.05) is 48.5 Å². The van der Waals surface area contributed by atoms with E-state index in [1.165, 1.54) is 0 Å². The van der Waals surface area contributed by atoms with E-state index in [9.17, 15) is 14.4 Å². The van der Waals surface area contributed by atoms with Crippen molar-refractivity contribution in [3.8, 4) is 16.9 Å². The van der Waals surface area contributed by atoms with Crippen molar-refractivity contribution < 1.29 is 19.5 Å². The quantitative estimate of drug-likeness (QED) is 0.143. The number of aromatic nitrogens is 1. The Balaban J connectivity index is 1.84. The van der Waals surface area contributed by atoms with Crippen LogP contribution in [0.2, 0.25) is 0 Å². The number of aliphatic carboxylic acids is 1. The molecule has 0 aliphatic rings. The Kier molecular flexibility index (Phi) is 8.21. The zero-order valence-electron chi connectivity index (χ0n) is 21.4. The van der Waals surface area contributed by atoms with Crippen molar-refractivity contribution in [1.82, 2.24) is 4.57 Å². The third-order valence-electron chi connectivity index (χ3n) is 6.21. The van der Waals surface area contributed by atoms with Gasteiger partial charge in [-0.25, -0.2) is 0 Å². The summed E-state index contributed by atoms with van der Waals surface area (Å²) in [6.07, 6.45) is 0.0283. The Morgan fingerprint density at radius 1 is 0.872 bits per heavy atom. The number of para-hydroxylation sites is 1. The lowest BCUT2D eigenvalue weighted by Gasteiger charge is -2.14. The molecule has 0 saturated heterocycles. The van der Waals surface area contributed by atoms with Crippen LogP contribution in [0.25, 0.3) is 16.9 Å². The average molecular weight is 524 g/mol. The molecule has 6 N–H and O–H groups in total. The fraction of sp³-hybridized carbons (Fsp3) is 0.133. The van der Waals surface area contributed by atoms with Gasteiger partial charge in [0.1, 0.15) is 5.84 Å². The van der Waals surface area contributed by atoms with Crippen LogP contribution >= 0.6 is 0 Å². The predicted molar refractivity (Wildman–Crippen MR) is 151 cm³/mol. The van der Waals surface area contributed by atoms with Gasteiger partial charge in [0.2, 0.25) is 5.91 Å². The van der Waals surface area contributed by atoms with E-state index >= 15 is 0 Å². The number of benzene rings is 3. The number of nitrogens with two attached hydrogens (primary N) is 1. The molecule has 1 heterocycles. The van der Waals surface area contributed by atoms with Gasteiger partial charge in [-0.3, -0.25) is 19.8 Å². The summed E-state index contributed by atoms with van der Waals surface area (Å²) in [5.74, 6) is -1.88. The summed E-state index contributed by atoms with van der Waals surface area (Å²) in [7, 11) is 0. The molecule has 0 aliphatic carbocycles. The second-order valence-electron chi connectivity index (χ2n) is 8.96. The summed E-state index contributed by atoms with van der Waals surface area (Å²) >= 11 is 0. The van der Waals surface area contributed by atoms with Crippen molar-refractivity contribution in [3.05, 3.63) is 102 Å². The maximum atomic E-state index is 13.8. The number of nitrogens with zero attached hydrogens (tertiary/aromatic N) is 1. The van der Waals surface area contributed by atoms with E-state index in [0.717, 1.165) is 11.3 Å². The lowest BCUT2D eigenvalue weighted by Crippen LogP contribution is -2.18. The van der Waals surface area contributed by atoms with Crippen molar-refractivity contribution >= 4 is 35.0 Å². The summed E-state index contributed by atoms with van der Waals surface area (Å²) in [5.41, 5.74) is 10.0. The van der Waals surface area contributed by atoms with Crippen LogP contribution in [-0.2, 0) is 9.59 Å². The largest absolute Gasteiger partial charge is 0.481 e. The van der Waals surface area contributed by atoms with E-state index in [0.29, 0.717) is 28.3 Å². The first kappa shape index (κ1) is 26.9. The number of carboxylic acid groups (broad SMARTS) is 1. The van der Waals surface area contributed by atoms with E-state index in [-0.39, 0.29) is 30.7 Å². The first-order valence-electron chi connectivity index (χ1n) is 12.4. The zero-order chi connectivity index (χ0) is 27.9. The first-order chi connectivity index (χ1) is 18.8. The normalized spacial score (nSPS) is 10.6. The second kappa shape index (κ2) is 11.9. The fourth-order valence-electron chi connectivity index (χ4n) is 4.39. The summed E-state index contributed by atoms with van der Waals surface area (Å²) in [4.78, 5) is 37.7. The van der Waals surface area contributed by atoms with Crippen molar-refractivity contribution in [1.29, 1.82) is 5.41 Å². The molecule has 0 fully saturated rings. The number of anilines is 2. The van der Waals surface area contributed by atoms with Gasteiger partial charge >= 0.3 is 5.97 Å². The fourth-order valence-corrected chi connectivity index (χ4v) is 4.39. The highest BCUT2D eigenvalue weighted by molar-refractivity contribution is 6.14. The minimum atomic E-state index is -0.977. The monoisotopic (exact) mass is 523 g/mol. The maximum absolute atomic E-state index is 13.8. The molecule has 0 spiro atoms. The molecule has 1 aromatic heterocycles. The third kappa shape index (κ3) is 6.22. The van der Waals surface area contributed by atoms with Crippen LogP contribution in [0.5, 0.6) is 0 Å². The van der Waals surface area contributed by atoms with Crippen LogP contribution in [-0.4, -0.2) is 33.3 Å². The van der Waals surface area contributed by atoms with E-state index in [4.69, 9.17) is 16.2 Å². The smallest absolute Gasteiger partial charge is 0.303 e. The number of amides is 2. The summed E-state index contributed by atoms with van der Waals surface area (Å²) in [5, 5.41) is 22.4. The van der Waals surface area contributed by atoms with E-state index in [2.05, 4.69) is 10.6 Å². The number of nitrogens with one attached hydrogen (secondary N) is 3. The summed E-state index contributed by atoms with van der Waals surface area (Å²) < 4.78 is 1.93. The number of hydrogen-bond donors (Lipinski definition) is 5. The van der Waals surface area contributed by atoms with E-state index in [1.807, 2.05) is 72.2 Å². The number of hydrogen-bond acceptors (Lipinski definition) is 4. The molecule has 0 radical (unpaired) electrons. The number of carbonyl (C=O) groups is 3. The van der Waals surface area contributed by atoms with Crippen molar-refractivity contribution in [3.63, 3.8) is 0 Å². The Labute approximate surface area is 225 Å². The molecule has 0 saturated carbocycles. The van der Waals surface area contributed by atoms with Gasteiger partial charge in [-0.2, -0.15) is 0 Å². The Morgan fingerprint density at radius 2 is 1.49 bits per heavy atom. The highest BCUT2D eigenvalue weighted by Gasteiger charge is 2.28. The molecule has 4 aromatic rings. The Morgan fingerprint density at radius 3 is 2.08 bits per heavy atom. The van der Waals surface area contributed by atoms with Gasteiger partial charge in [-0.15, -0.1) is 0 Å². The molecule has 0 unspecified atom stereocenters. The van der Waals surface area contributed by atoms with Gasteiger partial charge < -0.3 is 26.0 Å². The number of amidine groups is 1. The van der Waals surface area contributed by atoms with Crippen molar-refractivity contribution in [2.45, 2.75) is 26.2 Å². The molecule has 9 nitrogen and oxygen atoms in total. The molecule has 198 valence electrons. The molecular weight excluding hydrogens is 494 g/mol. The van der Waals surface area contributed by atoms with Crippen LogP contribution in [0.3, 0.4) is 0 Å². The molecule has 0 atom stereocenters. The molecule has 2 amide bonds. The standard InChI is InChI=1S/C30H29N5O4/c1-19-26(30(39)33-22-17-15-21(16-18-22)29(31)32)27(34-24(36)13-8-14-25(37)38)28(20-9-4-2-5-10-20)35(19)23-11-6-3-7-12-23/h2-7,9-12,15-18H,8,13-14H2,1H3,(H3,31,32)(H,33,39)(H,34,36)(H,37,38). The number of rotatable bonds is 10. The third-order valence-corrected chi connectivity index (χ3v) is 6.21. The minimum Gasteiger partial charge on any atom is -0.481 e. The van der Waals surface area contributed by atoms with E-state index in [1.54, 1.807) is 24.3 Å². The van der Waals surface area contributed by atoms with Gasteiger partial charge in [0, 0.05) is 41.0 Å².